The molecule has 0 spiro atoms. The lowest BCUT2D eigenvalue weighted by Gasteiger charge is -2.18. The van der Waals surface area contributed by atoms with E-state index in [4.69, 9.17) is 9.47 Å². The van der Waals surface area contributed by atoms with Crippen LogP contribution >= 0.6 is 11.3 Å². The number of hydrogen-bond donors (Lipinski definition) is 1. The number of rotatable bonds is 7. The lowest BCUT2D eigenvalue weighted by atomic mass is 10.1. The van der Waals surface area contributed by atoms with Gasteiger partial charge >= 0.3 is 0 Å². The number of ketones is 1. The van der Waals surface area contributed by atoms with Crippen LogP contribution in [0.5, 0.6) is 11.5 Å². The maximum absolute atomic E-state index is 12.3. The molecule has 1 amide bonds. The Morgan fingerprint density at radius 2 is 2.04 bits per heavy atom. The van der Waals surface area contributed by atoms with Gasteiger partial charge in [0, 0.05) is 36.8 Å². The van der Waals surface area contributed by atoms with Crippen LogP contribution in [0.3, 0.4) is 0 Å². The summed E-state index contributed by atoms with van der Waals surface area (Å²) >= 11 is 1.51. The van der Waals surface area contributed by atoms with Crippen molar-refractivity contribution in [2.75, 3.05) is 19.8 Å². The van der Waals surface area contributed by atoms with Crippen molar-refractivity contribution in [3.8, 4) is 11.5 Å². The van der Waals surface area contributed by atoms with Crippen molar-refractivity contribution < 1.29 is 19.1 Å². The number of benzene rings is 1. The molecule has 0 radical (unpaired) electrons. The monoisotopic (exact) mass is 386 g/mol. The van der Waals surface area contributed by atoms with Crippen molar-refractivity contribution in [2.45, 2.75) is 19.3 Å². The Morgan fingerprint density at radius 3 is 2.93 bits per heavy atom. The summed E-state index contributed by atoms with van der Waals surface area (Å²) in [7, 11) is 0. The minimum atomic E-state index is -0.147. The molecule has 2 aromatic heterocycles. The molecular formula is C18H18N4O4S. The number of thiazole rings is 1. The van der Waals surface area contributed by atoms with Crippen molar-refractivity contribution in [2.24, 2.45) is 0 Å². The van der Waals surface area contributed by atoms with E-state index in [0.29, 0.717) is 43.2 Å². The van der Waals surface area contributed by atoms with Crippen LogP contribution in [0.25, 0.3) is 4.96 Å². The number of amides is 1. The van der Waals surface area contributed by atoms with Gasteiger partial charge in [0.1, 0.15) is 19.5 Å². The highest BCUT2D eigenvalue weighted by Gasteiger charge is 2.16. The number of aromatic nitrogens is 3. The van der Waals surface area contributed by atoms with Crippen LogP contribution in [0.4, 0.5) is 0 Å². The van der Waals surface area contributed by atoms with Gasteiger partial charge in [0.05, 0.1) is 5.69 Å². The molecule has 1 aliphatic rings. The van der Waals surface area contributed by atoms with Crippen LogP contribution in [0.1, 0.15) is 28.9 Å². The summed E-state index contributed by atoms with van der Waals surface area (Å²) in [6.45, 7) is 1.47. The van der Waals surface area contributed by atoms with Crippen LogP contribution in [-0.2, 0) is 11.2 Å². The fraction of sp³-hybridized carbons (Fsp3) is 0.333. The maximum atomic E-state index is 12.3. The average molecular weight is 386 g/mol. The second-order valence-electron chi connectivity index (χ2n) is 6.06. The Kier molecular flexibility index (Phi) is 5.01. The summed E-state index contributed by atoms with van der Waals surface area (Å²) in [6, 6.07) is 5.11. The average Bonchev–Trinajstić information content (AvgIpc) is 3.30. The van der Waals surface area contributed by atoms with Crippen LogP contribution in [0.15, 0.2) is 29.9 Å². The molecule has 0 saturated heterocycles. The fourth-order valence-electron chi connectivity index (χ4n) is 2.85. The van der Waals surface area contributed by atoms with E-state index in [2.05, 4.69) is 15.4 Å². The Balaban J connectivity index is 1.24. The van der Waals surface area contributed by atoms with Gasteiger partial charge < -0.3 is 14.8 Å². The van der Waals surface area contributed by atoms with Crippen LogP contribution in [-0.4, -0.2) is 46.0 Å². The van der Waals surface area contributed by atoms with E-state index < -0.39 is 0 Å². The molecule has 4 rings (SSSR count). The topological polar surface area (TPSA) is 94.8 Å². The molecule has 3 aromatic rings. The third kappa shape index (κ3) is 3.92. The second kappa shape index (κ2) is 7.75. The largest absolute Gasteiger partial charge is 0.486 e. The van der Waals surface area contributed by atoms with Crippen molar-refractivity contribution in [3.63, 3.8) is 0 Å². The zero-order valence-electron chi connectivity index (χ0n) is 14.5. The van der Waals surface area contributed by atoms with E-state index >= 15 is 0 Å². The Bertz CT molecular complexity index is 981. The van der Waals surface area contributed by atoms with Crippen molar-refractivity contribution in [1.29, 1.82) is 0 Å². The Hall–Kier alpha value is -2.94. The molecule has 0 unspecified atom stereocenters. The summed E-state index contributed by atoms with van der Waals surface area (Å²) in [5, 5.41) is 8.96. The lowest BCUT2D eigenvalue weighted by molar-refractivity contribution is -0.121. The van der Waals surface area contributed by atoms with E-state index in [1.165, 1.54) is 17.7 Å². The normalized spacial score (nSPS) is 12.9. The van der Waals surface area contributed by atoms with Gasteiger partial charge in [0.15, 0.2) is 17.3 Å². The maximum Gasteiger partial charge on any atom is 0.220 e. The fourth-order valence-corrected chi connectivity index (χ4v) is 3.68. The first-order valence-corrected chi connectivity index (χ1v) is 9.54. The first kappa shape index (κ1) is 17.5. The standard InChI is InChI=1S/C18H18N4O4S/c23-14(12-1-3-15-16(9-12)26-8-7-25-15)2-4-17(24)19-6-5-13-10-27-18-20-11-21-22(13)18/h1,3,9-11H,2,4-8H2,(H,19,24). The molecular weight excluding hydrogens is 368 g/mol. The van der Waals surface area contributed by atoms with Gasteiger partial charge in [-0.3, -0.25) is 9.59 Å². The first-order chi connectivity index (χ1) is 13.2. The lowest BCUT2D eigenvalue weighted by Crippen LogP contribution is -2.26. The quantitative estimate of drug-likeness (QED) is 0.623. The van der Waals surface area contributed by atoms with Crippen LogP contribution < -0.4 is 14.8 Å². The van der Waals surface area contributed by atoms with E-state index in [9.17, 15) is 9.59 Å². The highest BCUT2D eigenvalue weighted by Crippen LogP contribution is 2.31. The van der Waals surface area contributed by atoms with E-state index in [-0.39, 0.29) is 24.5 Å². The van der Waals surface area contributed by atoms with Gasteiger partial charge in [-0.25, -0.2) is 9.50 Å². The predicted octanol–water partition coefficient (Wildman–Crippen LogP) is 1.88. The number of carbonyl (C=O) groups is 2. The molecule has 1 aromatic carbocycles. The molecule has 3 heterocycles. The van der Waals surface area contributed by atoms with Gasteiger partial charge in [-0.15, -0.1) is 11.3 Å². The van der Waals surface area contributed by atoms with Gasteiger partial charge in [0.25, 0.3) is 0 Å². The number of nitrogens with zero attached hydrogens (tertiary/aromatic N) is 3. The number of hydrogen-bond acceptors (Lipinski definition) is 7. The number of Topliss-reactive ketones (excluding diaryl/α,β-unsaturated/α-hetero) is 1. The molecule has 0 bridgehead atoms. The minimum absolute atomic E-state index is 0.0933. The minimum Gasteiger partial charge on any atom is -0.486 e. The van der Waals surface area contributed by atoms with Gasteiger partial charge in [-0.05, 0) is 18.2 Å². The molecule has 0 aliphatic carbocycles. The number of nitrogens with one attached hydrogen (secondary N) is 1. The highest BCUT2D eigenvalue weighted by atomic mass is 32.1. The summed E-state index contributed by atoms with van der Waals surface area (Å²) in [4.78, 5) is 29.3. The molecule has 1 N–H and O–H groups in total. The zero-order valence-corrected chi connectivity index (χ0v) is 15.3. The molecule has 8 nitrogen and oxygen atoms in total. The Labute approximate surface area is 159 Å². The summed E-state index contributed by atoms with van der Waals surface area (Å²) in [5.74, 6) is 0.979. The second-order valence-corrected chi connectivity index (χ2v) is 6.90. The molecule has 0 fully saturated rings. The molecule has 140 valence electrons. The van der Waals surface area contributed by atoms with Crippen molar-refractivity contribution >= 4 is 28.0 Å². The molecule has 9 heteroatoms. The SMILES string of the molecule is O=C(CCC(=O)c1ccc2c(c1)OCCO2)NCCc1csc2ncnn12. The third-order valence-corrected chi connectivity index (χ3v) is 5.11. The van der Waals surface area contributed by atoms with Crippen LogP contribution in [0.2, 0.25) is 0 Å². The zero-order chi connectivity index (χ0) is 18.6. The van der Waals surface area contributed by atoms with Gasteiger partial charge in [-0.2, -0.15) is 5.10 Å². The molecule has 0 saturated carbocycles. The summed E-state index contributed by atoms with van der Waals surface area (Å²) in [5.41, 5.74) is 1.53. The number of carbonyl (C=O) groups excluding carboxylic acids is 2. The third-order valence-electron chi connectivity index (χ3n) is 4.24. The van der Waals surface area contributed by atoms with Crippen LogP contribution in [0, 0.1) is 0 Å². The van der Waals surface area contributed by atoms with Crippen molar-refractivity contribution in [1.82, 2.24) is 19.9 Å². The summed E-state index contributed by atoms with van der Waals surface area (Å²) < 4.78 is 12.7. The Morgan fingerprint density at radius 1 is 1.19 bits per heavy atom. The van der Waals surface area contributed by atoms with E-state index in [1.54, 1.807) is 22.7 Å². The molecule has 0 atom stereocenters. The van der Waals surface area contributed by atoms with Crippen molar-refractivity contribution in [3.05, 3.63) is 41.2 Å². The van der Waals surface area contributed by atoms with E-state index in [0.717, 1.165) is 10.7 Å². The van der Waals surface area contributed by atoms with Gasteiger partial charge in [0.2, 0.25) is 10.9 Å². The van der Waals surface area contributed by atoms with E-state index in [1.807, 2.05) is 5.38 Å². The summed E-state index contributed by atoms with van der Waals surface area (Å²) in [6.07, 6.45) is 2.47. The molecule has 27 heavy (non-hydrogen) atoms. The first-order valence-electron chi connectivity index (χ1n) is 8.66. The predicted molar refractivity (Wildman–Crippen MR) is 98.6 cm³/mol. The number of ether oxygens (including phenoxy) is 2. The molecule has 1 aliphatic heterocycles. The van der Waals surface area contributed by atoms with Gasteiger partial charge in [-0.1, -0.05) is 0 Å². The highest BCUT2D eigenvalue weighted by molar-refractivity contribution is 7.15. The smallest absolute Gasteiger partial charge is 0.220 e. The number of fused-ring (bicyclic) bond motifs is 2.